The van der Waals surface area contributed by atoms with Crippen molar-refractivity contribution < 1.29 is 5.11 Å². The average molecular weight is 266 g/mol. The van der Waals surface area contributed by atoms with Crippen LogP contribution in [0.3, 0.4) is 0 Å². The smallest absolute Gasteiger partial charge is 0.0833 e. The molecule has 0 heterocycles. The zero-order valence-electron chi connectivity index (χ0n) is 12.0. The van der Waals surface area contributed by atoms with E-state index in [-0.39, 0.29) is 0 Å². The summed E-state index contributed by atoms with van der Waals surface area (Å²) in [4.78, 5) is 0. The van der Waals surface area contributed by atoms with Crippen molar-refractivity contribution in [1.82, 2.24) is 0 Å². The molecule has 1 aliphatic rings. The third-order valence-electron chi connectivity index (χ3n) is 4.57. The number of aryl methyl sites for hydroxylation is 1. The first-order valence-corrected chi connectivity index (χ1v) is 7.57. The van der Waals surface area contributed by atoms with Crippen molar-refractivity contribution in [3.63, 3.8) is 0 Å². The molecule has 1 fully saturated rings. The van der Waals surface area contributed by atoms with Gasteiger partial charge in [0, 0.05) is 6.42 Å². The highest BCUT2D eigenvalue weighted by Gasteiger charge is 2.24. The Morgan fingerprint density at radius 2 is 1.75 bits per heavy atom. The predicted molar refractivity (Wildman–Crippen MR) is 82.9 cm³/mol. The Labute approximate surface area is 121 Å². The summed E-state index contributed by atoms with van der Waals surface area (Å²) in [6.07, 6.45) is 4.18. The minimum Gasteiger partial charge on any atom is -0.388 e. The fourth-order valence-corrected chi connectivity index (χ4v) is 3.06. The molecular formula is C19H22O. The summed E-state index contributed by atoms with van der Waals surface area (Å²) < 4.78 is 0. The van der Waals surface area contributed by atoms with Gasteiger partial charge in [0.1, 0.15) is 0 Å². The van der Waals surface area contributed by atoms with Crippen molar-refractivity contribution in [2.75, 3.05) is 0 Å². The third kappa shape index (κ3) is 2.64. The van der Waals surface area contributed by atoms with E-state index < -0.39 is 6.10 Å². The normalized spacial score (nSPS) is 16.7. The predicted octanol–water partition coefficient (Wildman–Crippen LogP) is 4.54. The zero-order chi connectivity index (χ0) is 13.9. The van der Waals surface area contributed by atoms with Gasteiger partial charge in [-0.05, 0) is 47.9 Å². The van der Waals surface area contributed by atoms with Crippen molar-refractivity contribution in [1.29, 1.82) is 0 Å². The molecule has 1 aliphatic carbocycles. The summed E-state index contributed by atoms with van der Waals surface area (Å²) in [5, 5.41) is 10.6. The number of hydrogen-bond acceptors (Lipinski definition) is 1. The quantitative estimate of drug-likeness (QED) is 0.861. The third-order valence-corrected chi connectivity index (χ3v) is 4.57. The van der Waals surface area contributed by atoms with Crippen molar-refractivity contribution in [3.8, 4) is 0 Å². The summed E-state index contributed by atoms with van der Waals surface area (Å²) in [5.41, 5.74) is 4.98. The standard InChI is InChI=1S/C19H22O/c1-14-7-2-3-8-16(14)13-19(20)18-12-5-4-11-17(18)15-9-6-10-15/h2-5,7-8,11-12,15,19-20H,6,9-10,13H2,1H3. The van der Waals surface area contributed by atoms with Gasteiger partial charge in [0.05, 0.1) is 6.10 Å². The van der Waals surface area contributed by atoms with E-state index in [1.165, 1.54) is 36.0 Å². The number of hydrogen-bond donors (Lipinski definition) is 1. The van der Waals surface area contributed by atoms with Crippen LogP contribution in [-0.2, 0) is 6.42 Å². The first kappa shape index (κ1) is 13.4. The molecule has 0 aromatic heterocycles. The molecule has 2 aromatic carbocycles. The second-order valence-electron chi connectivity index (χ2n) is 5.90. The Bertz CT molecular complexity index is 584. The number of rotatable bonds is 4. The van der Waals surface area contributed by atoms with Crippen LogP contribution in [-0.4, -0.2) is 5.11 Å². The van der Waals surface area contributed by atoms with Crippen LogP contribution in [0.2, 0.25) is 0 Å². The van der Waals surface area contributed by atoms with Gasteiger partial charge in [0.15, 0.2) is 0 Å². The molecule has 1 unspecified atom stereocenters. The second kappa shape index (κ2) is 5.80. The molecule has 3 rings (SSSR count). The van der Waals surface area contributed by atoms with E-state index in [0.29, 0.717) is 12.3 Å². The van der Waals surface area contributed by atoms with E-state index in [4.69, 9.17) is 0 Å². The van der Waals surface area contributed by atoms with Crippen LogP contribution in [0.15, 0.2) is 48.5 Å². The number of benzene rings is 2. The maximum absolute atomic E-state index is 10.6. The fourth-order valence-electron chi connectivity index (χ4n) is 3.06. The molecule has 0 radical (unpaired) electrons. The van der Waals surface area contributed by atoms with Crippen LogP contribution in [0.4, 0.5) is 0 Å². The van der Waals surface area contributed by atoms with Gasteiger partial charge in [0.25, 0.3) is 0 Å². The minimum atomic E-state index is -0.395. The Morgan fingerprint density at radius 3 is 2.45 bits per heavy atom. The molecule has 1 atom stereocenters. The second-order valence-corrected chi connectivity index (χ2v) is 5.90. The van der Waals surface area contributed by atoms with Crippen LogP contribution in [0.5, 0.6) is 0 Å². The number of aliphatic hydroxyl groups is 1. The number of aliphatic hydroxyl groups excluding tert-OH is 1. The molecule has 1 N–H and O–H groups in total. The fraction of sp³-hybridized carbons (Fsp3) is 0.368. The Balaban J connectivity index is 1.83. The van der Waals surface area contributed by atoms with E-state index >= 15 is 0 Å². The first-order valence-electron chi connectivity index (χ1n) is 7.57. The first-order chi connectivity index (χ1) is 9.75. The van der Waals surface area contributed by atoms with Crippen LogP contribution in [0.25, 0.3) is 0 Å². The van der Waals surface area contributed by atoms with Crippen molar-refractivity contribution >= 4 is 0 Å². The highest BCUT2D eigenvalue weighted by molar-refractivity contribution is 5.35. The van der Waals surface area contributed by atoms with Gasteiger partial charge in [-0.1, -0.05) is 55.0 Å². The van der Waals surface area contributed by atoms with Gasteiger partial charge in [0.2, 0.25) is 0 Å². The molecule has 1 heteroatoms. The van der Waals surface area contributed by atoms with Crippen LogP contribution < -0.4 is 0 Å². The van der Waals surface area contributed by atoms with Crippen LogP contribution in [0, 0.1) is 6.92 Å². The molecule has 0 spiro atoms. The summed E-state index contributed by atoms with van der Waals surface area (Å²) in [7, 11) is 0. The van der Waals surface area contributed by atoms with Gasteiger partial charge < -0.3 is 5.11 Å². The lowest BCUT2D eigenvalue weighted by molar-refractivity contribution is 0.175. The van der Waals surface area contributed by atoms with E-state index in [0.717, 1.165) is 5.56 Å². The molecule has 1 nitrogen and oxygen atoms in total. The maximum Gasteiger partial charge on any atom is 0.0833 e. The summed E-state index contributed by atoms with van der Waals surface area (Å²) in [6.45, 7) is 2.11. The minimum absolute atomic E-state index is 0.395. The molecule has 20 heavy (non-hydrogen) atoms. The largest absolute Gasteiger partial charge is 0.388 e. The molecule has 104 valence electrons. The van der Waals surface area contributed by atoms with E-state index in [9.17, 15) is 5.11 Å². The molecular weight excluding hydrogens is 244 g/mol. The van der Waals surface area contributed by atoms with Gasteiger partial charge in [-0.2, -0.15) is 0 Å². The highest BCUT2D eigenvalue weighted by Crippen LogP contribution is 2.39. The lowest BCUT2D eigenvalue weighted by Gasteiger charge is -2.29. The Hall–Kier alpha value is -1.60. The van der Waals surface area contributed by atoms with Gasteiger partial charge in [-0.25, -0.2) is 0 Å². The molecule has 0 aliphatic heterocycles. The van der Waals surface area contributed by atoms with Gasteiger partial charge >= 0.3 is 0 Å². The van der Waals surface area contributed by atoms with Gasteiger partial charge in [-0.15, -0.1) is 0 Å². The molecule has 0 bridgehead atoms. The monoisotopic (exact) mass is 266 g/mol. The molecule has 0 saturated heterocycles. The summed E-state index contributed by atoms with van der Waals surface area (Å²) in [5.74, 6) is 0.665. The lowest BCUT2D eigenvalue weighted by atomic mass is 9.77. The van der Waals surface area contributed by atoms with Crippen LogP contribution >= 0.6 is 0 Å². The average Bonchev–Trinajstić information content (AvgIpc) is 2.40. The molecule has 2 aromatic rings. The zero-order valence-corrected chi connectivity index (χ0v) is 12.0. The highest BCUT2D eigenvalue weighted by atomic mass is 16.3. The Morgan fingerprint density at radius 1 is 1.05 bits per heavy atom. The lowest BCUT2D eigenvalue weighted by Crippen LogP contribution is -2.14. The summed E-state index contributed by atoms with van der Waals surface area (Å²) >= 11 is 0. The van der Waals surface area contributed by atoms with E-state index in [1.54, 1.807) is 0 Å². The van der Waals surface area contributed by atoms with E-state index in [2.05, 4.69) is 37.3 Å². The van der Waals surface area contributed by atoms with Crippen molar-refractivity contribution in [2.45, 2.75) is 44.6 Å². The van der Waals surface area contributed by atoms with Crippen LogP contribution in [0.1, 0.15) is 53.5 Å². The van der Waals surface area contributed by atoms with E-state index in [1.807, 2.05) is 18.2 Å². The van der Waals surface area contributed by atoms with Crippen molar-refractivity contribution in [3.05, 3.63) is 70.8 Å². The molecule has 1 saturated carbocycles. The van der Waals surface area contributed by atoms with Gasteiger partial charge in [-0.3, -0.25) is 0 Å². The maximum atomic E-state index is 10.6. The topological polar surface area (TPSA) is 20.2 Å². The molecule has 0 amide bonds. The summed E-state index contributed by atoms with van der Waals surface area (Å²) in [6, 6.07) is 16.7. The Kier molecular flexibility index (Phi) is 3.88. The van der Waals surface area contributed by atoms with Crippen molar-refractivity contribution in [2.24, 2.45) is 0 Å². The SMILES string of the molecule is Cc1ccccc1CC(O)c1ccccc1C1CCC1.